The smallest absolute Gasteiger partial charge is 0.0314 e. The number of nitrogens with one attached hydrogen (secondary N) is 1. The van der Waals surface area contributed by atoms with Gasteiger partial charge in [-0.25, -0.2) is 0 Å². The number of thiophene rings is 1. The van der Waals surface area contributed by atoms with Crippen LogP contribution in [0.25, 0.3) is 0 Å². The summed E-state index contributed by atoms with van der Waals surface area (Å²) in [5.74, 6) is 2.26. The van der Waals surface area contributed by atoms with Crippen molar-refractivity contribution in [1.82, 2.24) is 5.32 Å². The Morgan fingerprint density at radius 3 is 2.39 bits per heavy atom. The summed E-state index contributed by atoms with van der Waals surface area (Å²) in [4.78, 5) is 1.49. The second-order valence-corrected chi connectivity index (χ2v) is 7.80. The summed E-state index contributed by atoms with van der Waals surface area (Å²) in [5.41, 5.74) is 0. The van der Waals surface area contributed by atoms with Crippen molar-refractivity contribution in [2.24, 2.45) is 17.8 Å². The van der Waals surface area contributed by atoms with E-state index in [-0.39, 0.29) is 0 Å². The van der Waals surface area contributed by atoms with Crippen LogP contribution < -0.4 is 5.32 Å². The number of halogens is 1. The van der Waals surface area contributed by atoms with E-state index < -0.39 is 0 Å². The summed E-state index contributed by atoms with van der Waals surface area (Å²) in [6, 6.07) is 2.16. The van der Waals surface area contributed by atoms with Crippen LogP contribution in [0.3, 0.4) is 0 Å². The van der Waals surface area contributed by atoms with E-state index in [1.165, 1.54) is 22.2 Å². The van der Waals surface area contributed by atoms with Gasteiger partial charge in [0.25, 0.3) is 0 Å². The van der Waals surface area contributed by atoms with E-state index in [0.717, 1.165) is 30.8 Å². The molecule has 0 spiro atoms. The van der Waals surface area contributed by atoms with Crippen molar-refractivity contribution in [3.05, 3.63) is 20.8 Å². The van der Waals surface area contributed by atoms with Crippen molar-refractivity contribution in [3.63, 3.8) is 0 Å². The van der Waals surface area contributed by atoms with Crippen LogP contribution in [-0.4, -0.2) is 13.1 Å². The van der Waals surface area contributed by atoms with Crippen LogP contribution in [-0.2, 0) is 6.42 Å². The normalized spacial score (nSPS) is 13.5. The standard InChI is InChI=1S/C15H26BrNS/c1-11(2)7-13(10-17-9-12(3)4)8-15-14(16)5-6-18-15/h5-6,11-13,17H,7-10H2,1-4H3. The monoisotopic (exact) mass is 331 g/mol. The van der Waals surface area contributed by atoms with Crippen LogP contribution in [0.15, 0.2) is 15.9 Å². The van der Waals surface area contributed by atoms with Crippen LogP contribution in [0.1, 0.15) is 39.0 Å². The van der Waals surface area contributed by atoms with E-state index in [1.807, 2.05) is 11.3 Å². The molecular weight excluding hydrogens is 306 g/mol. The van der Waals surface area contributed by atoms with Crippen molar-refractivity contribution < 1.29 is 0 Å². The van der Waals surface area contributed by atoms with Gasteiger partial charge in [-0.2, -0.15) is 0 Å². The maximum absolute atomic E-state index is 3.64. The molecule has 0 bridgehead atoms. The second-order valence-electron chi connectivity index (χ2n) is 5.94. The first-order valence-corrected chi connectivity index (χ1v) is 8.58. The van der Waals surface area contributed by atoms with Gasteiger partial charge in [-0.3, -0.25) is 0 Å². The Morgan fingerprint density at radius 1 is 1.17 bits per heavy atom. The lowest BCUT2D eigenvalue weighted by atomic mass is 9.93. The molecule has 1 nitrogen and oxygen atoms in total. The predicted molar refractivity (Wildman–Crippen MR) is 86.4 cm³/mol. The summed E-state index contributed by atoms with van der Waals surface area (Å²) >= 11 is 5.51. The lowest BCUT2D eigenvalue weighted by Crippen LogP contribution is -2.28. The number of hydrogen-bond acceptors (Lipinski definition) is 2. The van der Waals surface area contributed by atoms with Gasteiger partial charge in [0, 0.05) is 9.35 Å². The minimum atomic E-state index is 0.734. The SMILES string of the molecule is CC(C)CNCC(Cc1sccc1Br)CC(C)C. The Bertz CT molecular complexity index is 333. The zero-order valence-electron chi connectivity index (χ0n) is 12.0. The van der Waals surface area contributed by atoms with Crippen LogP contribution in [0, 0.1) is 17.8 Å². The molecule has 104 valence electrons. The molecule has 1 aromatic heterocycles. The fourth-order valence-corrected chi connectivity index (χ4v) is 3.84. The topological polar surface area (TPSA) is 12.0 Å². The fraction of sp³-hybridized carbons (Fsp3) is 0.733. The second kappa shape index (κ2) is 8.34. The van der Waals surface area contributed by atoms with E-state index in [9.17, 15) is 0 Å². The van der Waals surface area contributed by atoms with E-state index in [4.69, 9.17) is 0 Å². The molecular formula is C15H26BrNS. The van der Waals surface area contributed by atoms with Crippen molar-refractivity contribution in [2.75, 3.05) is 13.1 Å². The van der Waals surface area contributed by atoms with Crippen LogP contribution in [0.2, 0.25) is 0 Å². The van der Waals surface area contributed by atoms with Crippen LogP contribution in [0.5, 0.6) is 0 Å². The van der Waals surface area contributed by atoms with Crippen molar-refractivity contribution in [3.8, 4) is 0 Å². The van der Waals surface area contributed by atoms with Gasteiger partial charge in [0.1, 0.15) is 0 Å². The zero-order chi connectivity index (χ0) is 13.5. The number of hydrogen-bond donors (Lipinski definition) is 1. The molecule has 1 rings (SSSR count). The molecule has 0 aliphatic rings. The summed E-state index contributed by atoms with van der Waals surface area (Å²) in [5, 5.41) is 5.79. The molecule has 18 heavy (non-hydrogen) atoms. The van der Waals surface area contributed by atoms with Gasteiger partial charge in [-0.05, 0) is 71.1 Å². The van der Waals surface area contributed by atoms with E-state index in [0.29, 0.717) is 0 Å². The molecule has 0 aromatic carbocycles. The van der Waals surface area contributed by atoms with Gasteiger partial charge in [-0.15, -0.1) is 11.3 Å². The molecule has 0 saturated heterocycles. The summed E-state index contributed by atoms with van der Waals surface area (Å²) in [7, 11) is 0. The summed E-state index contributed by atoms with van der Waals surface area (Å²) < 4.78 is 1.28. The molecule has 1 heterocycles. The molecule has 1 N–H and O–H groups in total. The molecule has 3 heteroatoms. The molecule has 0 radical (unpaired) electrons. The van der Waals surface area contributed by atoms with Gasteiger partial charge >= 0.3 is 0 Å². The Morgan fingerprint density at radius 2 is 1.89 bits per heavy atom. The maximum atomic E-state index is 3.64. The van der Waals surface area contributed by atoms with Gasteiger partial charge in [0.15, 0.2) is 0 Å². The molecule has 0 aliphatic heterocycles. The fourth-order valence-electron chi connectivity index (χ4n) is 2.21. The lowest BCUT2D eigenvalue weighted by Gasteiger charge is -2.20. The minimum Gasteiger partial charge on any atom is -0.316 e. The van der Waals surface area contributed by atoms with E-state index >= 15 is 0 Å². The van der Waals surface area contributed by atoms with Gasteiger partial charge < -0.3 is 5.32 Å². The molecule has 0 amide bonds. The van der Waals surface area contributed by atoms with Gasteiger partial charge in [0.2, 0.25) is 0 Å². The Labute approximate surface area is 125 Å². The highest BCUT2D eigenvalue weighted by atomic mass is 79.9. The Balaban J connectivity index is 2.47. The van der Waals surface area contributed by atoms with Crippen LogP contribution in [0.4, 0.5) is 0 Å². The quantitative estimate of drug-likeness (QED) is 0.709. The first-order chi connectivity index (χ1) is 8.49. The van der Waals surface area contributed by atoms with E-state index in [2.05, 4.69) is 60.4 Å². The first kappa shape index (κ1) is 16.2. The summed E-state index contributed by atoms with van der Waals surface area (Å²) in [6.07, 6.45) is 2.50. The largest absolute Gasteiger partial charge is 0.316 e. The highest BCUT2D eigenvalue weighted by Crippen LogP contribution is 2.27. The maximum Gasteiger partial charge on any atom is 0.0314 e. The Kier molecular flexibility index (Phi) is 7.50. The first-order valence-electron chi connectivity index (χ1n) is 6.91. The van der Waals surface area contributed by atoms with Crippen molar-refractivity contribution >= 4 is 27.3 Å². The third kappa shape index (κ3) is 6.35. The van der Waals surface area contributed by atoms with Gasteiger partial charge in [-0.1, -0.05) is 27.7 Å². The molecule has 1 aromatic rings. The zero-order valence-corrected chi connectivity index (χ0v) is 14.4. The molecule has 0 saturated carbocycles. The average Bonchev–Trinajstić information content (AvgIpc) is 2.62. The molecule has 1 atom stereocenters. The highest BCUT2D eigenvalue weighted by Gasteiger charge is 2.14. The predicted octanol–water partition coefficient (Wildman–Crippen LogP) is 4.96. The number of rotatable bonds is 8. The summed E-state index contributed by atoms with van der Waals surface area (Å²) in [6.45, 7) is 11.4. The van der Waals surface area contributed by atoms with Crippen LogP contribution >= 0.6 is 27.3 Å². The third-order valence-corrected chi connectivity index (χ3v) is 4.90. The molecule has 1 unspecified atom stereocenters. The molecule has 0 aliphatic carbocycles. The average molecular weight is 332 g/mol. The Hall–Kier alpha value is 0.140. The third-order valence-electron chi connectivity index (χ3n) is 2.96. The molecule has 0 fully saturated rings. The lowest BCUT2D eigenvalue weighted by molar-refractivity contribution is 0.377. The highest BCUT2D eigenvalue weighted by molar-refractivity contribution is 9.10. The minimum absolute atomic E-state index is 0.734. The van der Waals surface area contributed by atoms with Crippen molar-refractivity contribution in [2.45, 2.75) is 40.5 Å². The van der Waals surface area contributed by atoms with Gasteiger partial charge in [0.05, 0.1) is 0 Å². The van der Waals surface area contributed by atoms with Crippen molar-refractivity contribution in [1.29, 1.82) is 0 Å². The van der Waals surface area contributed by atoms with E-state index in [1.54, 1.807) is 0 Å².